The summed E-state index contributed by atoms with van der Waals surface area (Å²) in [6.45, 7) is -0.189. The molecule has 4 N–H and O–H groups in total. The highest BCUT2D eigenvalue weighted by molar-refractivity contribution is 5.97. The van der Waals surface area contributed by atoms with Gasteiger partial charge in [0, 0.05) is 13.1 Å². The molecule has 1 aromatic carbocycles. The third kappa shape index (κ3) is 6.19. The summed E-state index contributed by atoms with van der Waals surface area (Å²) in [7, 11) is 2.07. The second-order valence-electron chi connectivity index (χ2n) is 5.60. The predicted octanol–water partition coefficient (Wildman–Crippen LogP) is 1.92. The van der Waals surface area contributed by atoms with Crippen LogP contribution in [0.2, 0.25) is 0 Å². The number of nitrogens with two attached hydrogens (primary N) is 1. The van der Waals surface area contributed by atoms with Crippen molar-refractivity contribution in [2.45, 2.75) is 31.7 Å². The van der Waals surface area contributed by atoms with E-state index in [0.717, 1.165) is 11.4 Å². The van der Waals surface area contributed by atoms with E-state index >= 15 is 0 Å². The number of carbonyl (C=O) groups is 2. The average molecular weight is 377 g/mol. The fourth-order valence-electron chi connectivity index (χ4n) is 2.82. The fourth-order valence-corrected chi connectivity index (χ4v) is 2.82. The zero-order valence-electron chi connectivity index (χ0n) is 13.8. The molecule has 2 rings (SSSR count). The number of para-hydroxylation sites is 2. The first-order valence-corrected chi connectivity index (χ1v) is 7.70. The van der Waals surface area contributed by atoms with Crippen LogP contribution in [0.4, 0.5) is 11.4 Å². The van der Waals surface area contributed by atoms with Crippen LogP contribution in [0, 0.1) is 0 Å². The highest BCUT2D eigenvalue weighted by Gasteiger charge is 2.21. The standard InChI is InChI=1S/C16H24N4O2.2ClH/c1-20(12-6-2-3-7-12)14-9-5-4-8-13(14)19-16(22)11-18-15(21)10-17;;/h4-5,8-9,12H,2-3,6-7,10-11,17H2,1H3,(H,18,21)(H,19,22);2*1H. The molecular weight excluding hydrogens is 351 g/mol. The van der Waals surface area contributed by atoms with E-state index in [9.17, 15) is 9.59 Å². The van der Waals surface area contributed by atoms with Crippen molar-refractivity contribution < 1.29 is 9.59 Å². The van der Waals surface area contributed by atoms with E-state index in [1.54, 1.807) is 0 Å². The molecule has 0 aromatic heterocycles. The second kappa shape index (κ2) is 11.1. The van der Waals surface area contributed by atoms with Gasteiger partial charge in [0.2, 0.25) is 11.8 Å². The SMILES string of the molecule is CN(c1ccccc1NC(=O)CNC(=O)CN)C1CCCC1.Cl.Cl. The van der Waals surface area contributed by atoms with Crippen LogP contribution in [0.3, 0.4) is 0 Å². The minimum Gasteiger partial charge on any atom is -0.370 e. The molecule has 1 aliphatic carbocycles. The molecule has 0 heterocycles. The molecule has 0 unspecified atom stereocenters. The average Bonchev–Trinajstić information content (AvgIpc) is 3.07. The third-order valence-electron chi connectivity index (χ3n) is 4.06. The van der Waals surface area contributed by atoms with Gasteiger partial charge in [-0.05, 0) is 25.0 Å². The Morgan fingerprint density at radius 2 is 1.79 bits per heavy atom. The highest BCUT2D eigenvalue weighted by Crippen LogP contribution is 2.31. The van der Waals surface area contributed by atoms with Crippen LogP contribution in [0.5, 0.6) is 0 Å². The van der Waals surface area contributed by atoms with Crippen LogP contribution in [0.1, 0.15) is 25.7 Å². The molecule has 0 bridgehead atoms. The van der Waals surface area contributed by atoms with Gasteiger partial charge in [0.05, 0.1) is 24.5 Å². The lowest BCUT2D eigenvalue weighted by atomic mass is 10.1. The van der Waals surface area contributed by atoms with Crippen molar-refractivity contribution in [3.8, 4) is 0 Å². The summed E-state index contributed by atoms with van der Waals surface area (Å²) in [5.41, 5.74) is 6.97. The number of anilines is 2. The van der Waals surface area contributed by atoms with Gasteiger partial charge in [0.15, 0.2) is 0 Å². The number of hydrogen-bond acceptors (Lipinski definition) is 4. The molecule has 8 heteroatoms. The van der Waals surface area contributed by atoms with Crippen LogP contribution < -0.4 is 21.3 Å². The number of hydrogen-bond donors (Lipinski definition) is 3. The molecule has 0 saturated heterocycles. The van der Waals surface area contributed by atoms with Crippen molar-refractivity contribution in [1.29, 1.82) is 0 Å². The first-order valence-electron chi connectivity index (χ1n) is 7.70. The molecule has 0 aliphatic heterocycles. The number of nitrogens with one attached hydrogen (secondary N) is 2. The van der Waals surface area contributed by atoms with E-state index < -0.39 is 0 Å². The van der Waals surface area contributed by atoms with Gasteiger partial charge in [0.25, 0.3) is 0 Å². The Labute approximate surface area is 155 Å². The van der Waals surface area contributed by atoms with Gasteiger partial charge in [-0.25, -0.2) is 0 Å². The Morgan fingerprint density at radius 1 is 1.17 bits per heavy atom. The van der Waals surface area contributed by atoms with Crippen molar-refractivity contribution >= 4 is 48.0 Å². The van der Waals surface area contributed by atoms with Crippen LogP contribution in [-0.4, -0.2) is 38.0 Å². The van der Waals surface area contributed by atoms with Gasteiger partial charge in [-0.15, -0.1) is 24.8 Å². The van der Waals surface area contributed by atoms with E-state index in [0.29, 0.717) is 6.04 Å². The third-order valence-corrected chi connectivity index (χ3v) is 4.06. The van der Waals surface area contributed by atoms with Crippen molar-refractivity contribution in [1.82, 2.24) is 5.32 Å². The quantitative estimate of drug-likeness (QED) is 0.707. The maximum atomic E-state index is 11.9. The van der Waals surface area contributed by atoms with Gasteiger partial charge in [-0.1, -0.05) is 25.0 Å². The molecule has 2 amide bonds. The lowest BCUT2D eigenvalue weighted by Gasteiger charge is -2.28. The Hall–Kier alpha value is -1.50. The summed E-state index contributed by atoms with van der Waals surface area (Å²) in [5.74, 6) is -0.597. The number of benzene rings is 1. The predicted molar refractivity (Wildman–Crippen MR) is 102 cm³/mol. The molecule has 136 valence electrons. The summed E-state index contributed by atoms with van der Waals surface area (Å²) >= 11 is 0. The first kappa shape index (κ1) is 22.5. The Balaban J connectivity index is 0.00000264. The van der Waals surface area contributed by atoms with E-state index in [1.165, 1.54) is 25.7 Å². The molecule has 1 saturated carbocycles. The summed E-state index contributed by atoms with van der Waals surface area (Å²) < 4.78 is 0. The lowest BCUT2D eigenvalue weighted by Crippen LogP contribution is -2.37. The molecule has 1 fully saturated rings. The van der Waals surface area contributed by atoms with Gasteiger partial charge >= 0.3 is 0 Å². The number of halogens is 2. The van der Waals surface area contributed by atoms with Crippen LogP contribution in [-0.2, 0) is 9.59 Å². The van der Waals surface area contributed by atoms with E-state index in [-0.39, 0.29) is 49.7 Å². The van der Waals surface area contributed by atoms with E-state index in [2.05, 4.69) is 22.6 Å². The number of carbonyl (C=O) groups excluding carboxylic acids is 2. The molecule has 6 nitrogen and oxygen atoms in total. The fraction of sp³-hybridized carbons (Fsp3) is 0.500. The molecule has 0 spiro atoms. The highest BCUT2D eigenvalue weighted by atomic mass is 35.5. The summed E-state index contributed by atoms with van der Waals surface area (Å²) in [6, 6.07) is 8.26. The molecular formula is C16H26Cl2N4O2. The van der Waals surface area contributed by atoms with Gasteiger partial charge in [0.1, 0.15) is 0 Å². The topological polar surface area (TPSA) is 87.5 Å². The Bertz CT molecular complexity index is 537. The van der Waals surface area contributed by atoms with Gasteiger partial charge < -0.3 is 21.3 Å². The smallest absolute Gasteiger partial charge is 0.243 e. The van der Waals surface area contributed by atoms with Gasteiger partial charge in [-0.2, -0.15) is 0 Å². The number of rotatable bonds is 6. The number of nitrogens with zero attached hydrogens (tertiary/aromatic N) is 1. The maximum Gasteiger partial charge on any atom is 0.243 e. The Kier molecular flexibility index (Phi) is 10.4. The Morgan fingerprint density at radius 3 is 2.42 bits per heavy atom. The van der Waals surface area contributed by atoms with Crippen molar-refractivity contribution in [2.75, 3.05) is 30.4 Å². The van der Waals surface area contributed by atoms with E-state index in [4.69, 9.17) is 5.73 Å². The van der Waals surface area contributed by atoms with Crippen LogP contribution >= 0.6 is 24.8 Å². The summed E-state index contributed by atoms with van der Waals surface area (Å²) in [4.78, 5) is 25.3. The van der Waals surface area contributed by atoms with Crippen molar-refractivity contribution in [3.05, 3.63) is 24.3 Å². The summed E-state index contributed by atoms with van der Waals surface area (Å²) in [5, 5.41) is 5.32. The minimum atomic E-state index is -0.341. The minimum absolute atomic E-state index is 0. The van der Waals surface area contributed by atoms with Crippen LogP contribution in [0.15, 0.2) is 24.3 Å². The van der Waals surface area contributed by atoms with Gasteiger partial charge in [-0.3, -0.25) is 9.59 Å². The molecule has 0 atom stereocenters. The zero-order chi connectivity index (χ0) is 15.9. The largest absolute Gasteiger partial charge is 0.370 e. The van der Waals surface area contributed by atoms with Crippen LogP contribution in [0.25, 0.3) is 0 Å². The normalized spacial score (nSPS) is 13.4. The number of amides is 2. The zero-order valence-corrected chi connectivity index (χ0v) is 15.4. The van der Waals surface area contributed by atoms with E-state index in [1.807, 2.05) is 24.3 Å². The second-order valence-corrected chi connectivity index (χ2v) is 5.60. The lowest BCUT2D eigenvalue weighted by molar-refractivity contribution is -0.123. The molecule has 24 heavy (non-hydrogen) atoms. The summed E-state index contributed by atoms with van der Waals surface area (Å²) in [6.07, 6.45) is 4.89. The van der Waals surface area contributed by atoms with Crippen molar-refractivity contribution in [2.24, 2.45) is 5.73 Å². The monoisotopic (exact) mass is 376 g/mol. The van der Waals surface area contributed by atoms with Crippen molar-refractivity contribution in [3.63, 3.8) is 0 Å². The molecule has 1 aliphatic rings. The maximum absolute atomic E-state index is 11.9. The first-order chi connectivity index (χ1) is 10.6. The molecule has 0 radical (unpaired) electrons. The molecule has 1 aromatic rings.